The van der Waals surface area contributed by atoms with E-state index in [0.29, 0.717) is 0 Å². The zero-order chi connectivity index (χ0) is 23.6. The summed E-state index contributed by atoms with van der Waals surface area (Å²) >= 11 is 0. The number of benzene rings is 1. The standard InChI is InChI=1S/C29H34N4/c1-6-10-15-24-16-11-12-17-26(24)27(14-8-3)28-20-32-33-21-25(19-31-29(28)33)23(9-4)18-30-22(5)13-7-2/h8-9,11-12,14-21H,4,6-7,10,13H2,1-3,5H3/b14-8-,23-18+,24-15+,27-26+,30-22-. The molecule has 2 aromatic heterocycles. The number of allylic oxidation sites excluding steroid dienone is 4. The molecule has 0 aliphatic carbocycles. The normalized spacial score (nSPS) is 14.4. The molecule has 0 aliphatic heterocycles. The molecule has 2 heterocycles. The van der Waals surface area contributed by atoms with Crippen LogP contribution in [0.3, 0.4) is 0 Å². The first kappa shape index (κ1) is 24.1. The molecule has 170 valence electrons. The lowest BCUT2D eigenvalue weighted by Crippen LogP contribution is -2.26. The Hall–Kier alpha value is -3.53. The molecule has 0 fully saturated rings. The van der Waals surface area contributed by atoms with Crippen molar-refractivity contribution in [3.05, 3.63) is 95.4 Å². The average molecular weight is 439 g/mol. The van der Waals surface area contributed by atoms with E-state index in [0.717, 1.165) is 59.3 Å². The van der Waals surface area contributed by atoms with Gasteiger partial charge < -0.3 is 0 Å². The van der Waals surface area contributed by atoms with Gasteiger partial charge in [-0.1, -0.05) is 81.8 Å². The summed E-state index contributed by atoms with van der Waals surface area (Å²) in [7, 11) is 0. The SMILES string of the molecule is C=C/C(=C\N=C(\C)CCC)c1cnc2c(C(/C=C\C)=c3\cccc\c3=C/CCC)cnn2c1. The summed E-state index contributed by atoms with van der Waals surface area (Å²) in [6, 6.07) is 8.52. The second-order valence-corrected chi connectivity index (χ2v) is 8.07. The minimum absolute atomic E-state index is 0.825. The first-order valence-corrected chi connectivity index (χ1v) is 11.7. The van der Waals surface area contributed by atoms with E-state index in [4.69, 9.17) is 4.98 Å². The molecule has 0 bridgehead atoms. The highest BCUT2D eigenvalue weighted by atomic mass is 15.2. The molecule has 0 spiro atoms. The third-order valence-corrected chi connectivity index (χ3v) is 5.47. The van der Waals surface area contributed by atoms with Gasteiger partial charge in [0, 0.05) is 41.0 Å². The van der Waals surface area contributed by atoms with Gasteiger partial charge in [-0.15, -0.1) is 0 Å². The smallest absolute Gasteiger partial charge is 0.162 e. The van der Waals surface area contributed by atoms with Crippen LogP contribution in [-0.4, -0.2) is 20.3 Å². The second-order valence-electron chi connectivity index (χ2n) is 8.07. The van der Waals surface area contributed by atoms with Crippen LogP contribution >= 0.6 is 0 Å². The van der Waals surface area contributed by atoms with Gasteiger partial charge in [0.2, 0.25) is 0 Å². The molecule has 0 N–H and O–H groups in total. The van der Waals surface area contributed by atoms with Crippen LogP contribution in [0.5, 0.6) is 0 Å². The third-order valence-electron chi connectivity index (χ3n) is 5.47. The molecule has 0 amide bonds. The van der Waals surface area contributed by atoms with Gasteiger partial charge in [-0.25, -0.2) is 9.50 Å². The fraction of sp³-hybridized carbons (Fsp3) is 0.276. The summed E-state index contributed by atoms with van der Waals surface area (Å²) in [5.41, 5.74) is 5.93. The fourth-order valence-electron chi connectivity index (χ4n) is 3.78. The minimum atomic E-state index is 0.825. The predicted molar refractivity (Wildman–Crippen MR) is 142 cm³/mol. The summed E-state index contributed by atoms with van der Waals surface area (Å²) in [6.45, 7) is 12.4. The molecule has 3 rings (SSSR count). The molecule has 0 atom stereocenters. The zero-order valence-corrected chi connectivity index (χ0v) is 20.3. The van der Waals surface area contributed by atoms with Gasteiger partial charge in [-0.05, 0) is 42.7 Å². The number of aromatic nitrogens is 3. The van der Waals surface area contributed by atoms with E-state index >= 15 is 0 Å². The van der Waals surface area contributed by atoms with E-state index in [-0.39, 0.29) is 0 Å². The van der Waals surface area contributed by atoms with Crippen LogP contribution in [0.1, 0.15) is 64.5 Å². The molecule has 4 heteroatoms. The van der Waals surface area contributed by atoms with E-state index in [1.54, 1.807) is 0 Å². The van der Waals surface area contributed by atoms with E-state index in [9.17, 15) is 0 Å². The maximum Gasteiger partial charge on any atom is 0.162 e. The Balaban J connectivity index is 2.16. The lowest BCUT2D eigenvalue weighted by Gasteiger charge is -2.05. The van der Waals surface area contributed by atoms with Crippen LogP contribution in [0.4, 0.5) is 0 Å². The number of unbranched alkanes of at least 4 members (excludes halogenated alkanes) is 1. The molecule has 0 aliphatic rings. The van der Waals surface area contributed by atoms with Gasteiger partial charge >= 0.3 is 0 Å². The summed E-state index contributed by atoms with van der Waals surface area (Å²) in [5, 5.41) is 7.06. The molecular formula is C29H34N4. The Bertz CT molecular complexity index is 1320. The highest BCUT2D eigenvalue weighted by Crippen LogP contribution is 2.21. The minimum Gasteiger partial charge on any atom is -0.265 e. The average Bonchev–Trinajstić information content (AvgIpc) is 3.25. The first-order chi connectivity index (χ1) is 16.1. The molecular weight excluding hydrogens is 404 g/mol. The number of hydrogen-bond acceptors (Lipinski definition) is 3. The van der Waals surface area contributed by atoms with Gasteiger partial charge in [0.25, 0.3) is 0 Å². The van der Waals surface area contributed by atoms with E-state index in [1.165, 1.54) is 10.4 Å². The Morgan fingerprint density at radius 1 is 1.15 bits per heavy atom. The third kappa shape index (κ3) is 5.83. The first-order valence-electron chi connectivity index (χ1n) is 11.7. The summed E-state index contributed by atoms with van der Waals surface area (Å²) < 4.78 is 1.84. The van der Waals surface area contributed by atoms with Gasteiger partial charge in [-0.2, -0.15) is 5.10 Å². The number of rotatable bonds is 9. The van der Waals surface area contributed by atoms with Gasteiger partial charge in [0.15, 0.2) is 5.65 Å². The lowest BCUT2D eigenvalue weighted by atomic mass is 10.0. The largest absolute Gasteiger partial charge is 0.265 e. The van der Waals surface area contributed by atoms with Gasteiger partial charge in [-0.3, -0.25) is 4.99 Å². The van der Waals surface area contributed by atoms with Crippen molar-refractivity contribution in [2.45, 2.75) is 53.4 Å². The van der Waals surface area contributed by atoms with Crippen LogP contribution in [0.2, 0.25) is 0 Å². The van der Waals surface area contributed by atoms with Gasteiger partial charge in [0.05, 0.1) is 6.20 Å². The van der Waals surface area contributed by atoms with Crippen molar-refractivity contribution >= 4 is 28.6 Å². The molecule has 33 heavy (non-hydrogen) atoms. The van der Waals surface area contributed by atoms with Crippen molar-refractivity contribution in [3.8, 4) is 0 Å². The highest BCUT2D eigenvalue weighted by Gasteiger charge is 2.11. The predicted octanol–water partition coefficient (Wildman–Crippen LogP) is 5.87. The second kappa shape index (κ2) is 11.9. The molecule has 4 nitrogen and oxygen atoms in total. The van der Waals surface area contributed by atoms with Crippen LogP contribution in [0.15, 0.2) is 78.9 Å². The van der Waals surface area contributed by atoms with Crippen molar-refractivity contribution in [2.24, 2.45) is 4.99 Å². The summed E-state index contributed by atoms with van der Waals surface area (Å²) in [5.74, 6) is 0. The maximum atomic E-state index is 4.79. The Kier molecular flexibility index (Phi) is 8.71. The van der Waals surface area contributed by atoms with Crippen LogP contribution in [-0.2, 0) is 0 Å². The maximum absolute atomic E-state index is 4.79. The van der Waals surface area contributed by atoms with Crippen LogP contribution < -0.4 is 10.4 Å². The van der Waals surface area contributed by atoms with Crippen LogP contribution in [0, 0.1) is 0 Å². The zero-order valence-electron chi connectivity index (χ0n) is 20.3. The van der Waals surface area contributed by atoms with Crippen LogP contribution in [0.25, 0.3) is 22.9 Å². The molecule has 3 aromatic rings. The summed E-state index contributed by atoms with van der Waals surface area (Å²) in [4.78, 5) is 9.37. The van der Waals surface area contributed by atoms with E-state index in [2.05, 4.69) is 79.9 Å². The monoisotopic (exact) mass is 438 g/mol. The van der Waals surface area contributed by atoms with E-state index in [1.807, 2.05) is 42.3 Å². The topological polar surface area (TPSA) is 42.5 Å². The Morgan fingerprint density at radius 2 is 1.97 bits per heavy atom. The fourth-order valence-corrected chi connectivity index (χ4v) is 3.78. The number of fused-ring (bicyclic) bond motifs is 1. The van der Waals surface area contributed by atoms with Crippen molar-refractivity contribution in [1.29, 1.82) is 0 Å². The lowest BCUT2D eigenvalue weighted by molar-refractivity contribution is 0.935. The molecule has 0 radical (unpaired) electrons. The molecule has 0 unspecified atom stereocenters. The van der Waals surface area contributed by atoms with Crippen molar-refractivity contribution < 1.29 is 0 Å². The van der Waals surface area contributed by atoms with Crippen molar-refractivity contribution in [2.75, 3.05) is 0 Å². The van der Waals surface area contributed by atoms with Crippen molar-refractivity contribution in [1.82, 2.24) is 14.6 Å². The molecule has 0 saturated heterocycles. The number of aliphatic imine (C=N–C) groups is 1. The van der Waals surface area contributed by atoms with Gasteiger partial charge in [0.1, 0.15) is 0 Å². The molecule has 0 saturated carbocycles. The van der Waals surface area contributed by atoms with E-state index < -0.39 is 0 Å². The number of hydrogen-bond donors (Lipinski definition) is 0. The van der Waals surface area contributed by atoms with Crippen molar-refractivity contribution in [3.63, 3.8) is 0 Å². The quantitative estimate of drug-likeness (QED) is 0.310. The molecule has 1 aromatic carbocycles. The number of nitrogens with zero attached hydrogens (tertiary/aromatic N) is 4. The summed E-state index contributed by atoms with van der Waals surface area (Å²) in [6.07, 6.45) is 20.2. The Labute approximate surface area is 197 Å². The Morgan fingerprint density at radius 3 is 2.70 bits per heavy atom. The highest BCUT2D eigenvalue weighted by molar-refractivity contribution is 5.84.